The molecule has 0 unspecified atom stereocenters. The first-order valence-electron chi connectivity index (χ1n) is 7.48. The molecule has 0 atom stereocenters. The van der Waals surface area contributed by atoms with E-state index in [0.717, 1.165) is 24.3 Å². The van der Waals surface area contributed by atoms with Crippen molar-refractivity contribution in [2.24, 2.45) is 5.92 Å². The Kier molecular flexibility index (Phi) is 3.83. The van der Waals surface area contributed by atoms with Gasteiger partial charge in [0, 0.05) is 5.92 Å². The van der Waals surface area contributed by atoms with E-state index < -0.39 is 5.97 Å². The molecule has 0 spiro atoms. The molecule has 2 aromatic rings. The van der Waals surface area contributed by atoms with Crippen LogP contribution in [-0.4, -0.2) is 32.7 Å². The lowest BCUT2D eigenvalue weighted by Crippen LogP contribution is -2.06. The number of ether oxygens (including phenoxy) is 1. The number of aromatic carboxylic acids is 1. The van der Waals surface area contributed by atoms with E-state index in [4.69, 9.17) is 4.74 Å². The normalized spacial score (nSPS) is 14.3. The highest BCUT2D eigenvalue weighted by molar-refractivity contribution is 5.87. The van der Waals surface area contributed by atoms with Gasteiger partial charge in [0.05, 0.1) is 18.0 Å². The average Bonchev–Trinajstić information content (AvgIpc) is 3.23. The molecule has 1 N–H and O–H groups in total. The Hall–Kier alpha value is -2.37. The second kappa shape index (κ2) is 5.79. The number of hydrogen-bond acceptors (Lipinski definition) is 4. The molecule has 0 amide bonds. The van der Waals surface area contributed by atoms with Crippen molar-refractivity contribution in [1.82, 2.24) is 15.0 Å². The van der Waals surface area contributed by atoms with E-state index in [1.807, 2.05) is 24.3 Å². The molecule has 1 heterocycles. The van der Waals surface area contributed by atoms with Crippen LogP contribution in [0.5, 0.6) is 5.75 Å². The van der Waals surface area contributed by atoms with Gasteiger partial charge in [0.15, 0.2) is 5.69 Å². The Morgan fingerprint density at radius 1 is 1.36 bits per heavy atom. The van der Waals surface area contributed by atoms with Crippen LogP contribution in [0.25, 0.3) is 5.69 Å². The molecule has 1 aromatic heterocycles. The molecule has 1 saturated carbocycles. The Morgan fingerprint density at radius 3 is 2.59 bits per heavy atom. The second-order valence-electron chi connectivity index (χ2n) is 6.01. The minimum absolute atomic E-state index is 0.0580. The zero-order chi connectivity index (χ0) is 15.7. The van der Waals surface area contributed by atoms with E-state index >= 15 is 0 Å². The molecule has 3 rings (SSSR count). The van der Waals surface area contributed by atoms with E-state index in [-0.39, 0.29) is 11.6 Å². The average molecular weight is 301 g/mol. The van der Waals surface area contributed by atoms with E-state index in [1.165, 1.54) is 0 Å². The molecule has 1 fully saturated rings. The molecule has 1 aliphatic rings. The van der Waals surface area contributed by atoms with Crippen LogP contribution in [0.4, 0.5) is 0 Å². The maximum Gasteiger partial charge on any atom is 0.358 e. The predicted octanol–water partition coefficient (Wildman–Crippen LogP) is 2.88. The van der Waals surface area contributed by atoms with Gasteiger partial charge in [-0.1, -0.05) is 19.1 Å². The summed E-state index contributed by atoms with van der Waals surface area (Å²) < 4.78 is 7.28. The summed E-state index contributed by atoms with van der Waals surface area (Å²) in [6.45, 7) is 4.86. The number of carbonyl (C=O) groups is 1. The van der Waals surface area contributed by atoms with E-state index in [0.29, 0.717) is 18.2 Å². The van der Waals surface area contributed by atoms with Gasteiger partial charge < -0.3 is 9.84 Å². The quantitative estimate of drug-likeness (QED) is 0.887. The fourth-order valence-electron chi connectivity index (χ4n) is 2.30. The van der Waals surface area contributed by atoms with Crippen LogP contribution >= 0.6 is 0 Å². The lowest BCUT2D eigenvalue weighted by atomic mass is 10.2. The van der Waals surface area contributed by atoms with Gasteiger partial charge in [0.25, 0.3) is 0 Å². The van der Waals surface area contributed by atoms with Crippen LogP contribution in [-0.2, 0) is 0 Å². The molecule has 6 heteroatoms. The zero-order valence-electron chi connectivity index (χ0n) is 12.7. The van der Waals surface area contributed by atoms with Crippen molar-refractivity contribution in [1.29, 1.82) is 0 Å². The summed E-state index contributed by atoms with van der Waals surface area (Å²) in [6.07, 6.45) is 1.98. The maximum atomic E-state index is 11.3. The van der Waals surface area contributed by atoms with Gasteiger partial charge in [-0.05, 0) is 43.0 Å². The molecule has 0 saturated heterocycles. The second-order valence-corrected chi connectivity index (χ2v) is 6.01. The molecule has 0 bridgehead atoms. The van der Waals surface area contributed by atoms with Crippen molar-refractivity contribution in [2.45, 2.75) is 32.6 Å². The molecule has 0 radical (unpaired) electrons. The molecule has 1 aliphatic carbocycles. The number of rotatable bonds is 6. The Balaban J connectivity index is 1.86. The Bertz CT molecular complexity index is 672. The molecule has 0 aliphatic heterocycles. The van der Waals surface area contributed by atoms with Gasteiger partial charge in [-0.2, -0.15) is 0 Å². The summed E-state index contributed by atoms with van der Waals surface area (Å²) in [5.41, 5.74) is 1.56. The highest BCUT2D eigenvalue weighted by Gasteiger charge is 2.34. The third-order valence-electron chi connectivity index (χ3n) is 3.54. The number of nitrogens with zero attached hydrogens (tertiary/aromatic N) is 3. The molecule has 1 aromatic carbocycles. The highest BCUT2D eigenvalue weighted by atomic mass is 16.5. The predicted molar refractivity (Wildman–Crippen MR) is 80.6 cm³/mol. The molecule has 22 heavy (non-hydrogen) atoms. The van der Waals surface area contributed by atoms with Gasteiger partial charge in [-0.3, -0.25) is 0 Å². The molecular weight excluding hydrogens is 282 g/mol. The number of benzene rings is 1. The smallest absolute Gasteiger partial charge is 0.358 e. The van der Waals surface area contributed by atoms with Crippen LogP contribution in [0.2, 0.25) is 0 Å². The van der Waals surface area contributed by atoms with Crippen molar-refractivity contribution in [2.75, 3.05) is 6.61 Å². The lowest BCUT2D eigenvalue weighted by molar-refractivity contribution is 0.0689. The van der Waals surface area contributed by atoms with Gasteiger partial charge in [-0.15, -0.1) is 5.10 Å². The Morgan fingerprint density at radius 2 is 2.05 bits per heavy atom. The van der Waals surface area contributed by atoms with Gasteiger partial charge in [0.1, 0.15) is 5.75 Å². The van der Waals surface area contributed by atoms with Crippen LogP contribution in [0.1, 0.15) is 48.8 Å². The summed E-state index contributed by atoms with van der Waals surface area (Å²) in [5, 5.41) is 17.1. The topological polar surface area (TPSA) is 77.2 Å². The van der Waals surface area contributed by atoms with Crippen LogP contribution in [0, 0.1) is 5.92 Å². The third-order valence-corrected chi connectivity index (χ3v) is 3.54. The lowest BCUT2D eigenvalue weighted by Gasteiger charge is -2.10. The Labute approximate surface area is 128 Å². The van der Waals surface area contributed by atoms with Gasteiger partial charge in [-0.25, -0.2) is 9.48 Å². The summed E-state index contributed by atoms with van der Waals surface area (Å²) in [6, 6.07) is 7.50. The van der Waals surface area contributed by atoms with E-state index in [2.05, 4.69) is 24.2 Å². The highest BCUT2D eigenvalue weighted by Crippen LogP contribution is 2.42. The summed E-state index contributed by atoms with van der Waals surface area (Å²) in [4.78, 5) is 11.3. The van der Waals surface area contributed by atoms with Gasteiger partial charge >= 0.3 is 5.97 Å². The zero-order valence-corrected chi connectivity index (χ0v) is 12.7. The fraction of sp³-hybridized carbons (Fsp3) is 0.438. The summed E-state index contributed by atoms with van der Waals surface area (Å²) >= 11 is 0. The maximum absolute atomic E-state index is 11.3. The van der Waals surface area contributed by atoms with Crippen molar-refractivity contribution in [3.8, 4) is 11.4 Å². The monoisotopic (exact) mass is 301 g/mol. The number of aromatic nitrogens is 3. The van der Waals surface area contributed by atoms with Crippen molar-refractivity contribution in [3.63, 3.8) is 0 Å². The molecular formula is C16H19N3O3. The summed E-state index contributed by atoms with van der Waals surface area (Å²) in [7, 11) is 0. The summed E-state index contributed by atoms with van der Waals surface area (Å²) in [5.74, 6) is 0.488. The molecule has 116 valence electrons. The van der Waals surface area contributed by atoms with Crippen molar-refractivity contribution in [3.05, 3.63) is 35.7 Å². The minimum atomic E-state index is -1.02. The van der Waals surface area contributed by atoms with Crippen molar-refractivity contribution < 1.29 is 14.6 Å². The van der Waals surface area contributed by atoms with Gasteiger partial charge in [0.2, 0.25) is 0 Å². The number of carboxylic acid groups (broad SMARTS) is 1. The first kappa shape index (κ1) is 14.6. The minimum Gasteiger partial charge on any atom is -0.493 e. The molecule has 6 nitrogen and oxygen atoms in total. The number of hydrogen-bond donors (Lipinski definition) is 1. The van der Waals surface area contributed by atoms with E-state index in [9.17, 15) is 9.90 Å². The first-order chi connectivity index (χ1) is 10.6. The number of carboxylic acids is 1. The van der Waals surface area contributed by atoms with Crippen LogP contribution < -0.4 is 4.74 Å². The fourth-order valence-corrected chi connectivity index (χ4v) is 2.30. The van der Waals surface area contributed by atoms with E-state index in [1.54, 1.807) is 4.68 Å². The SMILES string of the molecule is CC(C)COc1ccc(-n2nnc(C(=O)O)c2C2CC2)cc1. The van der Waals surface area contributed by atoms with Crippen LogP contribution in [0.3, 0.4) is 0 Å². The largest absolute Gasteiger partial charge is 0.493 e. The van der Waals surface area contributed by atoms with Crippen LogP contribution in [0.15, 0.2) is 24.3 Å². The first-order valence-corrected chi connectivity index (χ1v) is 7.48. The standard InChI is InChI=1S/C16H19N3O3/c1-10(2)9-22-13-7-5-12(6-8-13)19-15(11-3-4-11)14(16(20)21)17-18-19/h5-8,10-11H,3-4,9H2,1-2H3,(H,20,21). The van der Waals surface area contributed by atoms with Crippen molar-refractivity contribution >= 4 is 5.97 Å². The third kappa shape index (κ3) is 2.95.